The second-order valence-corrected chi connectivity index (χ2v) is 9.03. The van der Waals surface area contributed by atoms with Crippen LogP contribution in [-0.2, 0) is 9.53 Å². The van der Waals surface area contributed by atoms with Gasteiger partial charge in [0.15, 0.2) is 0 Å². The maximum Gasteiger partial charge on any atom is 0.490 e. The third-order valence-corrected chi connectivity index (χ3v) is 6.41. The number of anilines is 1. The Bertz CT molecular complexity index is 1330. The highest BCUT2D eigenvalue weighted by Crippen LogP contribution is 2.37. The highest BCUT2D eigenvalue weighted by molar-refractivity contribution is 6.21. The SMILES string of the molecule is COC(=O)c1ccc(N2CC3(CNC3)C2)cc1C#CCN1C(=O)c2ccccc2C1=O.O=C(O)C(F)(F)F. The number of carboxylic acids is 1. The molecule has 5 rings (SSSR count). The molecular weight excluding hydrogens is 507 g/mol. The molecule has 198 valence electrons. The van der Waals surface area contributed by atoms with E-state index in [4.69, 9.17) is 14.6 Å². The van der Waals surface area contributed by atoms with Crippen molar-refractivity contribution in [3.63, 3.8) is 0 Å². The number of nitrogens with one attached hydrogen (secondary N) is 1. The largest absolute Gasteiger partial charge is 0.490 e. The Morgan fingerprint density at radius 1 is 1.08 bits per heavy atom. The van der Waals surface area contributed by atoms with E-state index < -0.39 is 18.1 Å². The van der Waals surface area contributed by atoms with Crippen molar-refractivity contribution in [1.29, 1.82) is 0 Å². The Kier molecular flexibility index (Phi) is 7.15. The molecule has 2 amide bonds. The molecule has 3 heterocycles. The van der Waals surface area contributed by atoms with Crippen LogP contribution in [0.25, 0.3) is 0 Å². The van der Waals surface area contributed by atoms with Crippen molar-refractivity contribution >= 4 is 29.4 Å². The minimum Gasteiger partial charge on any atom is -0.475 e. The number of carbonyl (C=O) groups is 4. The number of fused-ring (bicyclic) bond motifs is 1. The number of rotatable bonds is 3. The van der Waals surface area contributed by atoms with E-state index in [2.05, 4.69) is 22.1 Å². The number of amides is 2. The van der Waals surface area contributed by atoms with Crippen LogP contribution in [0, 0.1) is 17.3 Å². The monoisotopic (exact) mass is 529 g/mol. The number of ether oxygens (including phenoxy) is 1. The first-order valence-corrected chi connectivity index (χ1v) is 11.4. The quantitative estimate of drug-likeness (QED) is 0.353. The van der Waals surface area contributed by atoms with E-state index in [-0.39, 0.29) is 18.4 Å². The Hall–Kier alpha value is -4.37. The van der Waals surface area contributed by atoms with E-state index in [0.29, 0.717) is 27.7 Å². The molecule has 9 nitrogen and oxygen atoms in total. The minimum atomic E-state index is -5.08. The summed E-state index contributed by atoms with van der Waals surface area (Å²) in [6.45, 7) is 3.97. The van der Waals surface area contributed by atoms with Crippen LogP contribution in [0.2, 0.25) is 0 Å². The molecule has 38 heavy (non-hydrogen) atoms. The van der Waals surface area contributed by atoms with Gasteiger partial charge >= 0.3 is 18.1 Å². The van der Waals surface area contributed by atoms with Crippen LogP contribution in [0.5, 0.6) is 0 Å². The number of benzene rings is 2. The number of esters is 1. The normalized spacial score (nSPS) is 16.8. The van der Waals surface area contributed by atoms with Gasteiger partial charge in [0.25, 0.3) is 11.8 Å². The Morgan fingerprint density at radius 3 is 2.13 bits per heavy atom. The molecule has 3 aliphatic heterocycles. The van der Waals surface area contributed by atoms with E-state index in [1.165, 1.54) is 7.11 Å². The summed E-state index contributed by atoms with van der Waals surface area (Å²) in [4.78, 5) is 49.5. The molecule has 0 aromatic heterocycles. The van der Waals surface area contributed by atoms with E-state index in [1.54, 1.807) is 30.3 Å². The molecule has 2 saturated heterocycles. The maximum atomic E-state index is 12.5. The van der Waals surface area contributed by atoms with E-state index in [0.717, 1.165) is 36.8 Å². The molecule has 2 aromatic carbocycles. The van der Waals surface area contributed by atoms with Crippen molar-refractivity contribution in [1.82, 2.24) is 10.2 Å². The molecule has 2 fully saturated rings. The number of carbonyl (C=O) groups excluding carboxylic acids is 3. The smallest absolute Gasteiger partial charge is 0.475 e. The summed E-state index contributed by atoms with van der Waals surface area (Å²) in [5, 5.41) is 10.4. The second kappa shape index (κ2) is 10.2. The van der Waals surface area contributed by atoms with Crippen LogP contribution in [0.1, 0.15) is 36.6 Å². The average molecular weight is 529 g/mol. The Balaban J connectivity index is 0.000000426. The number of imide groups is 1. The first kappa shape index (κ1) is 26.7. The van der Waals surface area contributed by atoms with Crippen LogP contribution >= 0.6 is 0 Å². The molecule has 2 aromatic rings. The van der Waals surface area contributed by atoms with E-state index in [9.17, 15) is 27.6 Å². The zero-order chi connectivity index (χ0) is 27.7. The van der Waals surface area contributed by atoms with Crippen molar-refractivity contribution in [2.45, 2.75) is 6.18 Å². The fraction of sp³-hybridized carbons (Fsp3) is 0.308. The highest BCUT2D eigenvalue weighted by Gasteiger charge is 2.47. The van der Waals surface area contributed by atoms with E-state index >= 15 is 0 Å². The minimum absolute atomic E-state index is 0.0460. The topological polar surface area (TPSA) is 116 Å². The fourth-order valence-corrected chi connectivity index (χ4v) is 4.37. The van der Waals surface area contributed by atoms with Gasteiger partial charge in [-0.15, -0.1) is 0 Å². The molecule has 0 atom stereocenters. The van der Waals surface area contributed by atoms with Gasteiger partial charge in [-0.1, -0.05) is 24.0 Å². The summed E-state index contributed by atoms with van der Waals surface area (Å²) in [5.74, 6) is 1.95. The lowest BCUT2D eigenvalue weighted by Gasteiger charge is -2.57. The molecule has 0 bridgehead atoms. The van der Waals surface area contributed by atoms with Gasteiger partial charge < -0.3 is 20.1 Å². The van der Waals surface area contributed by atoms with Gasteiger partial charge in [-0.2, -0.15) is 13.2 Å². The predicted octanol–water partition coefficient (Wildman–Crippen LogP) is 2.16. The summed E-state index contributed by atoms with van der Waals surface area (Å²) in [6, 6.07) is 12.2. The van der Waals surface area contributed by atoms with Gasteiger partial charge in [0, 0.05) is 42.8 Å². The standard InChI is InChI=1S/C24H21N3O4.C2HF3O2/c1-31-23(30)18-9-8-17(26-14-24(15-26)12-25-13-24)11-16(18)5-4-10-27-21(28)19-6-2-3-7-20(19)22(27)29;3-2(4,5)1(6)7/h2-3,6-9,11,25H,10,12-15H2,1H3;(H,6,7). The van der Waals surface area contributed by atoms with Crippen LogP contribution in [0.3, 0.4) is 0 Å². The number of nitrogens with zero attached hydrogens (tertiary/aromatic N) is 2. The first-order valence-electron chi connectivity index (χ1n) is 11.4. The average Bonchev–Trinajstić information content (AvgIpc) is 3.07. The number of hydrogen-bond donors (Lipinski definition) is 2. The molecule has 0 saturated carbocycles. The summed E-state index contributed by atoms with van der Waals surface area (Å²) in [6.07, 6.45) is -5.08. The Labute approximate surface area is 215 Å². The number of carboxylic acid groups (broad SMARTS) is 1. The predicted molar refractivity (Wildman–Crippen MR) is 128 cm³/mol. The molecule has 0 unspecified atom stereocenters. The lowest BCUT2D eigenvalue weighted by Crippen LogP contribution is -2.71. The number of methoxy groups -OCH3 is 1. The molecule has 0 radical (unpaired) electrons. The summed E-state index contributed by atoms with van der Waals surface area (Å²) in [5.41, 5.74) is 3.04. The summed E-state index contributed by atoms with van der Waals surface area (Å²) < 4.78 is 36.6. The summed E-state index contributed by atoms with van der Waals surface area (Å²) >= 11 is 0. The van der Waals surface area contributed by atoms with Crippen molar-refractivity contribution in [2.24, 2.45) is 5.41 Å². The molecule has 12 heteroatoms. The van der Waals surface area contributed by atoms with Gasteiger partial charge in [-0.25, -0.2) is 9.59 Å². The van der Waals surface area contributed by atoms with Crippen LogP contribution in [-0.4, -0.2) is 79.8 Å². The van der Waals surface area contributed by atoms with Crippen molar-refractivity contribution in [2.75, 3.05) is 44.7 Å². The third kappa shape index (κ3) is 5.19. The molecule has 1 spiro atoms. The van der Waals surface area contributed by atoms with Crippen molar-refractivity contribution in [3.05, 3.63) is 64.7 Å². The number of hydrogen-bond acceptors (Lipinski definition) is 7. The van der Waals surface area contributed by atoms with Crippen LogP contribution < -0.4 is 10.2 Å². The van der Waals surface area contributed by atoms with Gasteiger partial charge in [0.05, 0.1) is 30.3 Å². The number of alkyl halides is 3. The van der Waals surface area contributed by atoms with Crippen LogP contribution in [0.15, 0.2) is 42.5 Å². The summed E-state index contributed by atoms with van der Waals surface area (Å²) in [7, 11) is 1.33. The van der Waals surface area contributed by atoms with Gasteiger partial charge in [0.2, 0.25) is 0 Å². The third-order valence-electron chi connectivity index (χ3n) is 6.41. The van der Waals surface area contributed by atoms with Crippen molar-refractivity contribution in [3.8, 4) is 11.8 Å². The lowest BCUT2D eigenvalue weighted by molar-refractivity contribution is -0.192. The van der Waals surface area contributed by atoms with Gasteiger partial charge in [0.1, 0.15) is 0 Å². The van der Waals surface area contributed by atoms with E-state index in [1.807, 2.05) is 12.1 Å². The zero-order valence-electron chi connectivity index (χ0n) is 20.1. The highest BCUT2D eigenvalue weighted by atomic mass is 19.4. The number of halogens is 3. The maximum absolute atomic E-state index is 12.5. The van der Waals surface area contributed by atoms with Crippen LogP contribution in [0.4, 0.5) is 18.9 Å². The lowest BCUT2D eigenvalue weighted by atomic mass is 9.74. The molecule has 2 N–H and O–H groups in total. The molecular formula is C26H22F3N3O6. The number of aliphatic carboxylic acids is 1. The Morgan fingerprint density at radius 2 is 1.66 bits per heavy atom. The van der Waals surface area contributed by atoms with Gasteiger partial charge in [-0.3, -0.25) is 14.5 Å². The second-order valence-electron chi connectivity index (χ2n) is 9.03. The van der Waals surface area contributed by atoms with Gasteiger partial charge in [-0.05, 0) is 30.3 Å². The fourth-order valence-electron chi connectivity index (χ4n) is 4.37. The molecule has 3 aliphatic rings. The van der Waals surface area contributed by atoms with Crippen molar-refractivity contribution < 1.29 is 42.2 Å². The first-order chi connectivity index (χ1) is 18.0. The molecule has 0 aliphatic carbocycles. The zero-order valence-corrected chi connectivity index (χ0v) is 20.1.